The molecule has 0 spiro atoms. The van der Waals surface area contributed by atoms with Gasteiger partial charge in [0.2, 0.25) is 0 Å². The molecular weight excluding hydrogens is 301 g/mol. The van der Waals surface area contributed by atoms with Gasteiger partial charge >= 0.3 is 0 Å². The van der Waals surface area contributed by atoms with Crippen molar-refractivity contribution in [2.75, 3.05) is 6.54 Å². The summed E-state index contributed by atoms with van der Waals surface area (Å²) in [4.78, 5) is 0. The lowest BCUT2D eigenvalue weighted by molar-refractivity contribution is 0.195. The standard InChI is InChI=1S/C18H27Cl2N/c1-4-10-21-17(15-6-5-9-18(15,2)3)11-13-7-8-14(19)12-16(13)20/h7-8,12,15,17,21H,4-6,9-11H2,1-3H3. The fraction of sp³-hybridized carbons (Fsp3) is 0.667. The van der Waals surface area contributed by atoms with E-state index in [0.717, 1.165) is 30.3 Å². The van der Waals surface area contributed by atoms with Crippen LogP contribution >= 0.6 is 23.2 Å². The Morgan fingerprint density at radius 3 is 2.67 bits per heavy atom. The Bertz CT molecular complexity index is 470. The summed E-state index contributed by atoms with van der Waals surface area (Å²) in [7, 11) is 0. The molecule has 3 heteroatoms. The van der Waals surface area contributed by atoms with E-state index in [0.29, 0.717) is 16.5 Å². The summed E-state index contributed by atoms with van der Waals surface area (Å²) in [6.07, 6.45) is 6.15. The van der Waals surface area contributed by atoms with Gasteiger partial charge in [-0.15, -0.1) is 0 Å². The van der Waals surface area contributed by atoms with E-state index in [9.17, 15) is 0 Å². The highest BCUT2D eigenvalue weighted by molar-refractivity contribution is 6.35. The molecule has 2 unspecified atom stereocenters. The topological polar surface area (TPSA) is 12.0 Å². The molecule has 1 aliphatic carbocycles. The molecule has 1 N–H and O–H groups in total. The fourth-order valence-corrected chi connectivity index (χ4v) is 4.20. The first kappa shape index (κ1) is 17.1. The van der Waals surface area contributed by atoms with Crippen molar-refractivity contribution in [2.45, 2.75) is 58.9 Å². The predicted molar refractivity (Wildman–Crippen MR) is 93.4 cm³/mol. The van der Waals surface area contributed by atoms with Crippen molar-refractivity contribution in [2.24, 2.45) is 11.3 Å². The lowest BCUT2D eigenvalue weighted by atomic mass is 9.76. The van der Waals surface area contributed by atoms with E-state index in [4.69, 9.17) is 23.2 Å². The maximum atomic E-state index is 6.37. The van der Waals surface area contributed by atoms with Gasteiger partial charge < -0.3 is 5.32 Å². The number of hydrogen-bond donors (Lipinski definition) is 1. The Labute approximate surface area is 139 Å². The van der Waals surface area contributed by atoms with Crippen molar-refractivity contribution in [3.8, 4) is 0 Å². The second-order valence-electron chi connectivity index (χ2n) is 6.99. The second-order valence-corrected chi connectivity index (χ2v) is 7.83. The van der Waals surface area contributed by atoms with Gasteiger partial charge in [-0.3, -0.25) is 0 Å². The first-order chi connectivity index (χ1) is 9.94. The normalized spacial score (nSPS) is 22.4. The van der Waals surface area contributed by atoms with Gasteiger partial charge in [-0.2, -0.15) is 0 Å². The molecule has 0 aliphatic heterocycles. The smallest absolute Gasteiger partial charge is 0.0453 e. The minimum Gasteiger partial charge on any atom is -0.313 e. The van der Waals surface area contributed by atoms with Crippen molar-refractivity contribution in [3.05, 3.63) is 33.8 Å². The van der Waals surface area contributed by atoms with Crippen molar-refractivity contribution in [1.82, 2.24) is 5.32 Å². The summed E-state index contributed by atoms with van der Waals surface area (Å²) in [5.41, 5.74) is 1.63. The summed E-state index contributed by atoms with van der Waals surface area (Å²) in [6.45, 7) is 8.12. The first-order valence-electron chi connectivity index (χ1n) is 8.11. The molecule has 0 saturated heterocycles. The van der Waals surface area contributed by atoms with Gasteiger partial charge in [-0.1, -0.05) is 56.5 Å². The van der Waals surface area contributed by atoms with Gasteiger partial charge in [0.05, 0.1) is 0 Å². The average Bonchev–Trinajstić information content (AvgIpc) is 2.76. The Balaban J connectivity index is 2.16. The highest BCUT2D eigenvalue weighted by Crippen LogP contribution is 2.45. The molecular formula is C18H27Cl2N. The van der Waals surface area contributed by atoms with Crippen molar-refractivity contribution in [3.63, 3.8) is 0 Å². The molecule has 2 rings (SSSR count). The highest BCUT2D eigenvalue weighted by atomic mass is 35.5. The number of halogens is 2. The summed E-state index contributed by atoms with van der Waals surface area (Å²) >= 11 is 12.4. The van der Waals surface area contributed by atoms with E-state index < -0.39 is 0 Å². The molecule has 0 amide bonds. The zero-order valence-electron chi connectivity index (χ0n) is 13.4. The molecule has 1 aromatic carbocycles. The number of rotatable bonds is 6. The second kappa shape index (κ2) is 7.35. The highest BCUT2D eigenvalue weighted by Gasteiger charge is 2.39. The molecule has 1 aliphatic rings. The number of nitrogens with one attached hydrogen (secondary N) is 1. The predicted octanol–water partition coefficient (Wildman–Crippen LogP) is 5.73. The van der Waals surface area contributed by atoms with Crippen LogP contribution in [-0.2, 0) is 6.42 Å². The Morgan fingerprint density at radius 2 is 2.10 bits per heavy atom. The van der Waals surface area contributed by atoms with E-state index in [1.807, 2.05) is 12.1 Å². The zero-order valence-corrected chi connectivity index (χ0v) is 14.9. The van der Waals surface area contributed by atoms with Crippen LogP contribution in [-0.4, -0.2) is 12.6 Å². The van der Waals surface area contributed by atoms with Gasteiger partial charge in [0.15, 0.2) is 0 Å². The summed E-state index contributed by atoms with van der Waals surface area (Å²) in [5, 5.41) is 5.27. The van der Waals surface area contributed by atoms with Crippen LogP contribution in [0.4, 0.5) is 0 Å². The molecule has 1 saturated carbocycles. The third-order valence-electron chi connectivity index (χ3n) is 4.94. The van der Waals surface area contributed by atoms with Gasteiger partial charge in [0.25, 0.3) is 0 Å². The van der Waals surface area contributed by atoms with Crippen molar-refractivity contribution >= 4 is 23.2 Å². The fourth-order valence-electron chi connectivity index (χ4n) is 3.71. The SMILES string of the molecule is CCCNC(Cc1ccc(Cl)cc1Cl)C1CCCC1(C)C. The van der Waals surface area contributed by atoms with Gasteiger partial charge in [0.1, 0.15) is 0 Å². The van der Waals surface area contributed by atoms with E-state index >= 15 is 0 Å². The van der Waals surface area contributed by atoms with Crippen LogP contribution in [0.2, 0.25) is 10.0 Å². The maximum Gasteiger partial charge on any atom is 0.0453 e. The van der Waals surface area contributed by atoms with E-state index in [1.54, 1.807) is 0 Å². The van der Waals surface area contributed by atoms with Crippen LogP contribution in [0.5, 0.6) is 0 Å². The summed E-state index contributed by atoms with van der Waals surface area (Å²) in [5.74, 6) is 0.718. The number of hydrogen-bond acceptors (Lipinski definition) is 1. The van der Waals surface area contributed by atoms with Crippen LogP contribution in [0.3, 0.4) is 0 Å². The zero-order chi connectivity index (χ0) is 15.5. The average molecular weight is 328 g/mol. The molecule has 1 nitrogen and oxygen atoms in total. The molecule has 118 valence electrons. The molecule has 0 bridgehead atoms. The largest absolute Gasteiger partial charge is 0.313 e. The molecule has 2 atom stereocenters. The van der Waals surface area contributed by atoms with Crippen LogP contribution in [0.25, 0.3) is 0 Å². The Kier molecular flexibility index (Phi) is 5.99. The molecule has 0 heterocycles. The van der Waals surface area contributed by atoms with Crippen molar-refractivity contribution in [1.29, 1.82) is 0 Å². The summed E-state index contributed by atoms with van der Waals surface area (Å²) < 4.78 is 0. The molecule has 1 fully saturated rings. The quantitative estimate of drug-likeness (QED) is 0.703. The van der Waals surface area contributed by atoms with Crippen molar-refractivity contribution < 1.29 is 0 Å². The van der Waals surface area contributed by atoms with Crippen LogP contribution in [0.15, 0.2) is 18.2 Å². The molecule has 0 radical (unpaired) electrons. The molecule has 0 aromatic heterocycles. The maximum absolute atomic E-state index is 6.37. The third-order valence-corrected chi connectivity index (χ3v) is 5.52. The summed E-state index contributed by atoms with van der Waals surface area (Å²) in [6, 6.07) is 6.38. The Hall–Kier alpha value is -0.240. The number of benzene rings is 1. The van der Waals surface area contributed by atoms with E-state index in [2.05, 4.69) is 32.2 Å². The Morgan fingerprint density at radius 1 is 1.33 bits per heavy atom. The lowest BCUT2D eigenvalue weighted by Crippen LogP contribution is -2.42. The molecule has 1 aromatic rings. The first-order valence-corrected chi connectivity index (χ1v) is 8.87. The van der Waals surface area contributed by atoms with Crippen LogP contribution in [0.1, 0.15) is 52.0 Å². The van der Waals surface area contributed by atoms with Gasteiger partial charge in [-0.05, 0) is 61.3 Å². The van der Waals surface area contributed by atoms with E-state index in [1.165, 1.54) is 24.8 Å². The van der Waals surface area contributed by atoms with E-state index in [-0.39, 0.29) is 0 Å². The van der Waals surface area contributed by atoms with Crippen LogP contribution in [0, 0.1) is 11.3 Å². The minimum absolute atomic E-state index is 0.421. The van der Waals surface area contributed by atoms with Crippen LogP contribution < -0.4 is 5.32 Å². The monoisotopic (exact) mass is 327 g/mol. The minimum atomic E-state index is 0.421. The lowest BCUT2D eigenvalue weighted by Gasteiger charge is -2.35. The third kappa shape index (κ3) is 4.37. The molecule has 21 heavy (non-hydrogen) atoms. The van der Waals surface area contributed by atoms with Gasteiger partial charge in [-0.25, -0.2) is 0 Å². The van der Waals surface area contributed by atoms with Gasteiger partial charge in [0, 0.05) is 16.1 Å².